The minimum atomic E-state index is 0.0960. The summed E-state index contributed by atoms with van der Waals surface area (Å²) in [6.45, 7) is 6.33. The smallest absolute Gasteiger partial charge is 0.244 e. The lowest BCUT2D eigenvalue weighted by molar-refractivity contribution is -0.129. The number of nitrogens with zero attached hydrogens (tertiary/aromatic N) is 7. The third kappa shape index (κ3) is 4.54. The van der Waals surface area contributed by atoms with Crippen LogP contribution in [-0.2, 0) is 11.3 Å². The van der Waals surface area contributed by atoms with Crippen molar-refractivity contribution in [2.24, 2.45) is 0 Å². The molecule has 0 saturated carbocycles. The third-order valence-electron chi connectivity index (χ3n) is 7.18. The maximum absolute atomic E-state index is 11.6. The molecule has 9 heteroatoms. The zero-order valence-corrected chi connectivity index (χ0v) is 20.4. The molecule has 5 heterocycles. The number of amides is 1. The lowest BCUT2D eigenvalue weighted by Crippen LogP contribution is -2.48. The standard InChI is InChI=1S/C27H29N7O2/c1-19(35)32-11-13-33(14-12-32)25-16-22(8-9-28-25)26-30-27(36-31-26)24-7-4-10-34(24)18-20-15-21-5-2-3-6-23(21)29-17-20/h2-3,5-6,8-9,15-17,24H,4,7,10-14,18H2,1H3/t24-/m0/s1. The highest BCUT2D eigenvalue weighted by Gasteiger charge is 2.31. The normalized spacial score (nSPS) is 18.8. The van der Waals surface area contributed by atoms with Crippen LogP contribution in [0.3, 0.4) is 0 Å². The summed E-state index contributed by atoms with van der Waals surface area (Å²) in [6.07, 6.45) is 5.83. The van der Waals surface area contributed by atoms with Crippen molar-refractivity contribution in [1.82, 2.24) is 29.9 Å². The lowest BCUT2D eigenvalue weighted by Gasteiger charge is -2.34. The highest BCUT2D eigenvalue weighted by molar-refractivity contribution is 5.78. The lowest BCUT2D eigenvalue weighted by atomic mass is 10.1. The van der Waals surface area contributed by atoms with Gasteiger partial charge in [-0.1, -0.05) is 23.4 Å². The predicted molar refractivity (Wildman–Crippen MR) is 136 cm³/mol. The molecule has 0 radical (unpaired) electrons. The van der Waals surface area contributed by atoms with Gasteiger partial charge in [0.25, 0.3) is 0 Å². The van der Waals surface area contributed by atoms with Crippen LogP contribution in [0.15, 0.2) is 59.4 Å². The van der Waals surface area contributed by atoms with Crippen molar-refractivity contribution in [1.29, 1.82) is 0 Å². The minimum absolute atomic E-state index is 0.0960. The highest BCUT2D eigenvalue weighted by Crippen LogP contribution is 2.33. The molecule has 36 heavy (non-hydrogen) atoms. The van der Waals surface area contributed by atoms with Crippen molar-refractivity contribution in [2.45, 2.75) is 32.4 Å². The predicted octanol–water partition coefficient (Wildman–Crippen LogP) is 3.69. The van der Waals surface area contributed by atoms with Gasteiger partial charge in [-0.2, -0.15) is 4.98 Å². The summed E-state index contributed by atoms with van der Waals surface area (Å²) in [5.41, 5.74) is 3.08. The highest BCUT2D eigenvalue weighted by atomic mass is 16.5. The van der Waals surface area contributed by atoms with Crippen LogP contribution in [0.5, 0.6) is 0 Å². The summed E-state index contributed by atoms with van der Waals surface area (Å²) >= 11 is 0. The molecule has 6 rings (SSSR count). The second kappa shape index (κ2) is 9.66. The van der Waals surface area contributed by atoms with Gasteiger partial charge in [0.2, 0.25) is 17.6 Å². The fourth-order valence-corrected chi connectivity index (χ4v) is 5.20. The van der Waals surface area contributed by atoms with E-state index >= 15 is 0 Å². The SMILES string of the molecule is CC(=O)N1CCN(c2cc(-c3noc([C@@H]4CCCN4Cc4cnc5ccccc5c4)n3)ccn2)CC1. The zero-order chi connectivity index (χ0) is 24.5. The second-order valence-corrected chi connectivity index (χ2v) is 9.52. The van der Waals surface area contributed by atoms with Crippen molar-refractivity contribution in [3.05, 3.63) is 66.3 Å². The molecular formula is C27H29N7O2. The first-order chi connectivity index (χ1) is 17.6. The number of rotatable bonds is 5. The van der Waals surface area contributed by atoms with Crippen LogP contribution in [0.1, 0.15) is 37.3 Å². The Morgan fingerprint density at radius 1 is 1.06 bits per heavy atom. The summed E-state index contributed by atoms with van der Waals surface area (Å²) in [6, 6.07) is 14.4. The van der Waals surface area contributed by atoms with Gasteiger partial charge >= 0.3 is 0 Å². The molecule has 4 aromatic rings. The van der Waals surface area contributed by atoms with Gasteiger partial charge in [0, 0.05) is 63.0 Å². The van der Waals surface area contributed by atoms with E-state index in [1.807, 2.05) is 41.4 Å². The molecule has 184 valence electrons. The van der Waals surface area contributed by atoms with E-state index < -0.39 is 0 Å². The van der Waals surface area contributed by atoms with Crippen LogP contribution in [0.4, 0.5) is 5.82 Å². The summed E-state index contributed by atoms with van der Waals surface area (Å²) in [5, 5.41) is 5.47. The quantitative estimate of drug-likeness (QED) is 0.425. The maximum atomic E-state index is 11.6. The van der Waals surface area contributed by atoms with Crippen LogP contribution in [-0.4, -0.2) is 68.5 Å². The maximum Gasteiger partial charge on any atom is 0.244 e. The van der Waals surface area contributed by atoms with Gasteiger partial charge < -0.3 is 14.3 Å². The number of anilines is 1. The Morgan fingerprint density at radius 3 is 2.78 bits per heavy atom. The van der Waals surface area contributed by atoms with E-state index in [4.69, 9.17) is 9.51 Å². The third-order valence-corrected chi connectivity index (χ3v) is 7.18. The van der Waals surface area contributed by atoms with Crippen LogP contribution < -0.4 is 4.90 Å². The molecule has 0 aliphatic carbocycles. The molecule has 2 fully saturated rings. The summed E-state index contributed by atoms with van der Waals surface area (Å²) in [4.78, 5) is 32.0. The Bertz CT molecular complexity index is 1380. The first-order valence-electron chi connectivity index (χ1n) is 12.5. The minimum Gasteiger partial charge on any atom is -0.353 e. The molecule has 2 saturated heterocycles. The van der Waals surface area contributed by atoms with Gasteiger partial charge in [-0.3, -0.25) is 14.7 Å². The largest absolute Gasteiger partial charge is 0.353 e. The Hall–Kier alpha value is -3.85. The molecule has 0 bridgehead atoms. The van der Waals surface area contributed by atoms with Gasteiger partial charge in [-0.15, -0.1) is 0 Å². The first kappa shape index (κ1) is 22.6. The topological polar surface area (TPSA) is 91.5 Å². The molecule has 1 atom stereocenters. The number of aromatic nitrogens is 4. The molecule has 2 aliphatic heterocycles. The average Bonchev–Trinajstić information content (AvgIpc) is 3.58. The van der Waals surface area contributed by atoms with Crippen molar-refractivity contribution in [2.75, 3.05) is 37.6 Å². The number of hydrogen-bond donors (Lipinski definition) is 0. The van der Waals surface area contributed by atoms with E-state index in [9.17, 15) is 4.79 Å². The molecule has 0 unspecified atom stereocenters. The number of likely N-dealkylation sites (tertiary alicyclic amines) is 1. The zero-order valence-electron chi connectivity index (χ0n) is 20.4. The van der Waals surface area contributed by atoms with Crippen LogP contribution in [0.2, 0.25) is 0 Å². The van der Waals surface area contributed by atoms with Crippen molar-refractivity contribution < 1.29 is 9.32 Å². The molecule has 2 aliphatic rings. The number of piperazine rings is 1. The molecule has 0 spiro atoms. The van der Waals surface area contributed by atoms with E-state index in [2.05, 4.69) is 37.1 Å². The van der Waals surface area contributed by atoms with Crippen molar-refractivity contribution in [3.8, 4) is 11.4 Å². The van der Waals surface area contributed by atoms with E-state index in [-0.39, 0.29) is 11.9 Å². The number of carbonyl (C=O) groups excluding carboxylic acids is 1. The Kier molecular flexibility index (Phi) is 6.06. The van der Waals surface area contributed by atoms with Gasteiger partial charge in [0.1, 0.15) is 5.82 Å². The van der Waals surface area contributed by atoms with E-state index in [1.165, 1.54) is 5.56 Å². The van der Waals surface area contributed by atoms with Gasteiger partial charge in [0.05, 0.1) is 11.6 Å². The Balaban J connectivity index is 1.17. The summed E-state index contributed by atoms with van der Waals surface area (Å²) in [7, 11) is 0. The number of pyridine rings is 2. The molecule has 0 N–H and O–H groups in total. The Labute approximate surface area is 209 Å². The molecule has 3 aromatic heterocycles. The van der Waals surface area contributed by atoms with Gasteiger partial charge in [-0.25, -0.2) is 4.98 Å². The Morgan fingerprint density at radius 2 is 1.92 bits per heavy atom. The fourth-order valence-electron chi connectivity index (χ4n) is 5.20. The van der Waals surface area contributed by atoms with Gasteiger partial charge in [0.15, 0.2) is 0 Å². The van der Waals surface area contributed by atoms with E-state index in [0.29, 0.717) is 24.8 Å². The van der Waals surface area contributed by atoms with Crippen molar-refractivity contribution >= 4 is 22.6 Å². The number of benzene rings is 1. The van der Waals surface area contributed by atoms with E-state index in [1.54, 1.807) is 13.1 Å². The monoisotopic (exact) mass is 483 g/mol. The first-order valence-corrected chi connectivity index (χ1v) is 12.5. The average molecular weight is 484 g/mol. The number of para-hydroxylation sites is 1. The molecule has 1 amide bonds. The fraction of sp³-hybridized carbons (Fsp3) is 0.370. The molecule has 1 aromatic carbocycles. The molecular weight excluding hydrogens is 454 g/mol. The number of fused-ring (bicyclic) bond motifs is 1. The van der Waals surface area contributed by atoms with E-state index in [0.717, 1.165) is 61.3 Å². The van der Waals surface area contributed by atoms with Crippen LogP contribution in [0.25, 0.3) is 22.3 Å². The van der Waals surface area contributed by atoms with Gasteiger partial charge in [-0.05, 0) is 49.2 Å². The van der Waals surface area contributed by atoms with Crippen molar-refractivity contribution in [3.63, 3.8) is 0 Å². The van der Waals surface area contributed by atoms with Crippen LogP contribution in [0, 0.1) is 0 Å². The summed E-state index contributed by atoms with van der Waals surface area (Å²) in [5.74, 6) is 2.22. The second-order valence-electron chi connectivity index (χ2n) is 9.52. The number of hydrogen-bond acceptors (Lipinski definition) is 8. The number of carbonyl (C=O) groups is 1. The summed E-state index contributed by atoms with van der Waals surface area (Å²) < 4.78 is 5.77. The molecule has 9 nitrogen and oxygen atoms in total. The van der Waals surface area contributed by atoms with Crippen LogP contribution >= 0.6 is 0 Å².